The summed E-state index contributed by atoms with van der Waals surface area (Å²) < 4.78 is 0. The standard InChI is InChI=1S/C17H18N4O2/c18-17(19)20-14-8-6-12(7-9-14)10-16(23)21-15(11-22)13-4-2-1-3-5-13/h1-9,11,15H,10H2,(H,21,23)(H4,18,19,20). The van der Waals surface area contributed by atoms with Crippen molar-refractivity contribution in [3.05, 3.63) is 65.7 Å². The first kappa shape index (κ1) is 16.2. The summed E-state index contributed by atoms with van der Waals surface area (Å²) in [6, 6.07) is 15.4. The van der Waals surface area contributed by atoms with Crippen LogP contribution in [-0.2, 0) is 16.0 Å². The Morgan fingerprint density at radius 2 is 1.74 bits per heavy atom. The van der Waals surface area contributed by atoms with Gasteiger partial charge in [-0.3, -0.25) is 4.79 Å². The van der Waals surface area contributed by atoms with E-state index in [1.54, 1.807) is 36.4 Å². The van der Waals surface area contributed by atoms with Crippen LogP contribution in [0.25, 0.3) is 0 Å². The summed E-state index contributed by atoms with van der Waals surface area (Å²) in [7, 11) is 0. The van der Waals surface area contributed by atoms with Crippen molar-refractivity contribution in [3.63, 3.8) is 0 Å². The third-order valence-electron chi connectivity index (χ3n) is 3.17. The zero-order valence-electron chi connectivity index (χ0n) is 12.5. The van der Waals surface area contributed by atoms with Gasteiger partial charge in [0.2, 0.25) is 5.91 Å². The van der Waals surface area contributed by atoms with Crippen LogP contribution in [0.3, 0.4) is 0 Å². The van der Waals surface area contributed by atoms with E-state index in [-0.39, 0.29) is 18.3 Å². The van der Waals surface area contributed by atoms with E-state index in [1.807, 2.05) is 18.2 Å². The van der Waals surface area contributed by atoms with Gasteiger partial charge in [0.25, 0.3) is 0 Å². The summed E-state index contributed by atoms with van der Waals surface area (Å²) in [6.07, 6.45) is 0.883. The summed E-state index contributed by atoms with van der Waals surface area (Å²) >= 11 is 0. The second-order valence-electron chi connectivity index (χ2n) is 4.97. The molecule has 5 N–H and O–H groups in total. The van der Waals surface area contributed by atoms with E-state index < -0.39 is 6.04 Å². The first-order chi connectivity index (χ1) is 11.1. The van der Waals surface area contributed by atoms with Gasteiger partial charge >= 0.3 is 0 Å². The molecular formula is C17H18N4O2. The summed E-state index contributed by atoms with van der Waals surface area (Å²) in [5, 5.41) is 2.70. The molecule has 0 heterocycles. The highest BCUT2D eigenvalue weighted by Gasteiger charge is 2.13. The smallest absolute Gasteiger partial charge is 0.225 e. The molecule has 0 saturated carbocycles. The monoisotopic (exact) mass is 310 g/mol. The second-order valence-corrected chi connectivity index (χ2v) is 4.97. The Hall–Kier alpha value is -3.15. The second kappa shape index (κ2) is 7.74. The molecule has 1 unspecified atom stereocenters. The van der Waals surface area contributed by atoms with Crippen molar-refractivity contribution in [3.8, 4) is 0 Å². The van der Waals surface area contributed by atoms with Gasteiger partial charge in [-0.05, 0) is 23.3 Å². The lowest BCUT2D eigenvalue weighted by molar-refractivity contribution is -0.123. The van der Waals surface area contributed by atoms with Gasteiger partial charge in [0.15, 0.2) is 5.96 Å². The van der Waals surface area contributed by atoms with E-state index in [0.29, 0.717) is 5.69 Å². The molecule has 0 bridgehead atoms. The molecule has 0 aliphatic heterocycles. The Balaban J connectivity index is 1.98. The molecule has 1 amide bonds. The van der Waals surface area contributed by atoms with Gasteiger partial charge in [-0.2, -0.15) is 0 Å². The fourth-order valence-electron chi connectivity index (χ4n) is 2.10. The van der Waals surface area contributed by atoms with Crippen LogP contribution in [-0.4, -0.2) is 18.2 Å². The minimum Gasteiger partial charge on any atom is -0.370 e. The molecule has 0 fully saturated rings. The van der Waals surface area contributed by atoms with Gasteiger partial charge in [0.1, 0.15) is 12.3 Å². The number of hydrogen-bond acceptors (Lipinski definition) is 3. The Morgan fingerprint density at radius 1 is 1.09 bits per heavy atom. The molecule has 1 atom stereocenters. The number of aldehydes is 1. The number of carbonyl (C=O) groups is 2. The highest BCUT2D eigenvalue weighted by Crippen LogP contribution is 2.14. The summed E-state index contributed by atoms with van der Waals surface area (Å²) in [5.41, 5.74) is 12.8. The first-order valence-electron chi connectivity index (χ1n) is 7.06. The lowest BCUT2D eigenvalue weighted by atomic mass is 10.1. The number of nitrogens with two attached hydrogens (primary N) is 2. The molecule has 6 heteroatoms. The zero-order valence-corrected chi connectivity index (χ0v) is 12.5. The number of nitrogens with zero attached hydrogens (tertiary/aromatic N) is 1. The van der Waals surface area contributed by atoms with Crippen molar-refractivity contribution in [2.75, 3.05) is 0 Å². The van der Waals surface area contributed by atoms with E-state index in [0.717, 1.165) is 17.4 Å². The number of carbonyl (C=O) groups excluding carboxylic acids is 2. The molecule has 0 saturated heterocycles. The molecule has 0 aromatic heterocycles. The minimum atomic E-state index is -0.649. The van der Waals surface area contributed by atoms with Crippen molar-refractivity contribution in [1.82, 2.24) is 5.32 Å². The fourth-order valence-corrected chi connectivity index (χ4v) is 2.10. The maximum Gasteiger partial charge on any atom is 0.225 e. The van der Waals surface area contributed by atoms with E-state index in [2.05, 4.69) is 10.3 Å². The number of rotatable bonds is 6. The number of benzene rings is 2. The molecule has 0 spiro atoms. The van der Waals surface area contributed by atoms with Crippen molar-refractivity contribution in [2.24, 2.45) is 16.5 Å². The first-order valence-corrected chi connectivity index (χ1v) is 7.06. The van der Waals surface area contributed by atoms with Gasteiger partial charge in [0, 0.05) is 0 Å². The number of aliphatic imine (C=N–C) groups is 1. The quantitative estimate of drug-likeness (QED) is 0.423. The third-order valence-corrected chi connectivity index (χ3v) is 3.17. The predicted molar refractivity (Wildman–Crippen MR) is 89.0 cm³/mol. The number of guanidine groups is 1. The van der Waals surface area contributed by atoms with Gasteiger partial charge < -0.3 is 21.6 Å². The summed E-state index contributed by atoms with van der Waals surface area (Å²) in [5.74, 6) is -0.257. The highest BCUT2D eigenvalue weighted by atomic mass is 16.2. The molecule has 2 aromatic rings. The normalized spacial score (nSPS) is 11.3. The number of hydrogen-bond donors (Lipinski definition) is 3. The molecule has 2 rings (SSSR count). The van der Waals surface area contributed by atoms with Crippen LogP contribution in [0.4, 0.5) is 5.69 Å². The van der Waals surface area contributed by atoms with E-state index >= 15 is 0 Å². The molecule has 2 aromatic carbocycles. The molecular weight excluding hydrogens is 292 g/mol. The maximum absolute atomic E-state index is 12.1. The summed E-state index contributed by atoms with van der Waals surface area (Å²) in [6.45, 7) is 0. The number of amides is 1. The van der Waals surface area contributed by atoms with Crippen molar-refractivity contribution in [1.29, 1.82) is 0 Å². The van der Waals surface area contributed by atoms with E-state index in [1.165, 1.54) is 0 Å². The average molecular weight is 310 g/mol. The van der Waals surface area contributed by atoms with Crippen LogP contribution in [0, 0.1) is 0 Å². The highest BCUT2D eigenvalue weighted by molar-refractivity contribution is 5.82. The fraction of sp³-hybridized carbons (Fsp3) is 0.118. The SMILES string of the molecule is NC(N)=Nc1ccc(CC(=O)NC(C=O)c2ccccc2)cc1. The van der Waals surface area contributed by atoms with Crippen LogP contribution in [0.1, 0.15) is 17.2 Å². The van der Waals surface area contributed by atoms with Gasteiger partial charge in [-0.25, -0.2) is 4.99 Å². The van der Waals surface area contributed by atoms with E-state index in [9.17, 15) is 9.59 Å². The lowest BCUT2D eigenvalue weighted by Gasteiger charge is -2.13. The van der Waals surface area contributed by atoms with E-state index in [4.69, 9.17) is 11.5 Å². The Morgan fingerprint density at radius 3 is 2.30 bits per heavy atom. The van der Waals surface area contributed by atoms with Crippen molar-refractivity contribution < 1.29 is 9.59 Å². The lowest BCUT2D eigenvalue weighted by Crippen LogP contribution is -2.30. The zero-order chi connectivity index (χ0) is 16.7. The maximum atomic E-state index is 12.1. The largest absolute Gasteiger partial charge is 0.370 e. The predicted octanol–water partition coefficient (Wildman–Crippen LogP) is 1.19. The van der Waals surface area contributed by atoms with Crippen LogP contribution in [0.15, 0.2) is 59.6 Å². The third kappa shape index (κ3) is 4.96. The number of nitrogens with one attached hydrogen (secondary N) is 1. The van der Waals surface area contributed by atoms with Crippen molar-refractivity contribution >= 4 is 23.8 Å². The topological polar surface area (TPSA) is 111 Å². The van der Waals surface area contributed by atoms with Crippen LogP contribution in [0.2, 0.25) is 0 Å². The Labute approximate surface area is 134 Å². The van der Waals surface area contributed by atoms with Crippen LogP contribution in [0.5, 0.6) is 0 Å². The van der Waals surface area contributed by atoms with Gasteiger partial charge in [-0.1, -0.05) is 42.5 Å². The average Bonchev–Trinajstić information content (AvgIpc) is 2.55. The molecule has 23 heavy (non-hydrogen) atoms. The van der Waals surface area contributed by atoms with Gasteiger partial charge in [0.05, 0.1) is 12.1 Å². The molecule has 118 valence electrons. The summed E-state index contributed by atoms with van der Waals surface area (Å²) in [4.78, 5) is 27.2. The van der Waals surface area contributed by atoms with Crippen molar-refractivity contribution in [2.45, 2.75) is 12.5 Å². The van der Waals surface area contributed by atoms with Gasteiger partial charge in [-0.15, -0.1) is 0 Å². The molecule has 0 aliphatic carbocycles. The Bertz CT molecular complexity index is 692. The van der Waals surface area contributed by atoms with Crippen LogP contribution < -0.4 is 16.8 Å². The Kier molecular flexibility index (Phi) is 5.46. The minimum absolute atomic E-state index is 0.0211. The van der Waals surface area contributed by atoms with Crippen LogP contribution >= 0.6 is 0 Å². The molecule has 6 nitrogen and oxygen atoms in total. The molecule has 0 radical (unpaired) electrons. The molecule has 0 aliphatic rings.